The first-order valence-electron chi connectivity index (χ1n) is 10.7. The summed E-state index contributed by atoms with van der Waals surface area (Å²) in [6.07, 6.45) is 0.885. The van der Waals surface area contributed by atoms with Crippen molar-refractivity contribution >= 4 is 22.5 Å². The number of amides is 1. The average Bonchev–Trinajstić information content (AvgIpc) is 3.12. The van der Waals surface area contributed by atoms with Gasteiger partial charge in [-0.25, -0.2) is 0 Å². The molecule has 5 rings (SSSR count). The molecule has 0 bridgehead atoms. The quantitative estimate of drug-likeness (QED) is 0.478. The predicted molar refractivity (Wildman–Crippen MR) is 123 cm³/mol. The van der Waals surface area contributed by atoms with E-state index in [0.29, 0.717) is 30.0 Å². The molecule has 1 amide bonds. The van der Waals surface area contributed by atoms with Crippen molar-refractivity contribution in [2.24, 2.45) is 0 Å². The maximum Gasteiger partial charge on any atom is 0.253 e. The van der Waals surface area contributed by atoms with Crippen molar-refractivity contribution in [1.82, 2.24) is 10.1 Å². The van der Waals surface area contributed by atoms with Crippen molar-refractivity contribution in [3.63, 3.8) is 0 Å². The highest BCUT2D eigenvalue weighted by Gasteiger charge is 2.22. The number of hydrogen-bond donors (Lipinski definition) is 0. The fraction of sp³-hybridized carbons (Fsp3) is 0.192. The van der Waals surface area contributed by atoms with E-state index >= 15 is 0 Å². The molecule has 0 aliphatic carbocycles. The number of hydrogen-bond acceptors (Lipinski definition) is 5. The molecule has 0 atom stereocenters. The normalized spacial score (nSPS) is 14.2. The highest BCUT2D eigenvalue weighted by molar-refractivity contribution is 6.01. The Morgan fingerprint density at radius 3 is 2.53 bits per heavy atom. The van der Waals surface area contributed by atoms with Crippen molar-refractivity contribution in [3.05, 3.63) is 83.9 Å². The lowest BCUT2D eigenvalue weighted by Gasteiger charge is -2.24. The summed E-state index contributed by atoms with van der Waals surface area (Å²) < 4.78 is 5.58. The molecule has 32 heavy (non-hydrogen) atoms. The molecule has 6 nitrogen and oxygen atoms in total. The Labute approximate surface area is 186 Å². The first-order valence-corrected chi connectivity index (χ1v) is 10.7. The van der Waals surface area contributed by atoms with Crippen LogP contribution < -0.4 is 4.90 Å². The Morgan fingerprint density at radius 2 is 1.75 bits per heavy atom. The zero-order valence-electron chi connectivity index (χ0n) is 17.6. The van der Waals surface area contributed by atoms with Crippen LogP contribution in [0.15, 0.2) is 77.3 Å². The van der Waals surface area contributed by atoms with Crippen molar-refractivity contribution in [3.8, 4) is 17.4 Å². The minimum atomic E-state index is 0.0220. The zero-order valence-corrected chi connectivity index (χ0v) is 17.6. The largest absolute Gasteiger partial charge is 0.370 e. The van der Waals surface area contributed by atoms with Crippen LogP contribution in [0.25, 0.3) is 22.2 Å². The lowest BCUT2D eigenvalue weighted by molar-refractivity contribution is 0.0767. The molecule has 1 fully saturated rings. The van der Waals surface area contributed by atoms with Gasteiger partial charge in [-0.3, -0.25) is 4.79 Å². The van der Waals surface area contributed by atoms with Gasteiger partial charge < -0.3 is 14.3 Å². The first kappa shape index (κ1) is 19.8. The second kappa shape index (κ2) is 8.56. The van der Waals surface area contributed by atoms with Crippen molar-refractivity contribution in [1.29, 1.82) is 5.26 Å². The Balaban J connectivity index is 1.35. The summed E-state index contributed by atoms with van der Waals surface area (Å²) in [5.41, 5.74) is 4.05. The lowest BCUT2D eigenvalue weighted by Crippen LogP contribution is -2.35. The highest BCUT2D eigenvalue weighted by Crippen LogP contribution is 2.29. The van der Waals surface area contributed by atoms with E-state index in [4.69, 9.17) is 9.78 Å². The Hall–Kier alpha value is -4.11. The number of anilines is 1. The molecule has 0 saturated carbocycles. The van der Waals surface area contributed by atoms with Gasteiger partial charge in [0, 0.05) is 43.0 Å². The van der Waals surface area contributed by atoms with Crippen LogP contribution in [0.1, 0.15) is 22.3 Å². The summed E-state index contributed by atoms with van der Waals surface area (Å²) >= 11 is 0. The van der Waals surface area contributed by atoms with E-state index < -0.39 is 0 Å². The average molecular weight is 422 g/mol. The van der Waals surface area contributed by atoms with Crippen LogP contribution in [0.2, 0.25) is 0 Å². The third-order valence-electron chi connectivity index (χ3n) is 5.90. The van der Waals surface area contributed by atoms with Gasteiger partial charge in [0.2, 0.25) is 0 Å². The van der Waals surface area contributed by atoms with Crippen LogP contribution in [0, 0.1) is 11.3 Å². The van der Waals surface area contributed by atoms with Crippen LogP contribution in [-0.4, -0.2) is 42.1 Å². The first-order chi connectivity index (χ1) is 15.7. The maximum atomic E-state index is 13.3. The highest BCUT2D eigenvalue weighted by atomic mass is 16.5. The number of carbonyl (C=O) groups excluding carboxylic acids is 1. The molecule has 3 aromatic carbocycles. The summed E-state index contributed by atoms with van der Waals surface area (Å²) in [7, 11) is 0. The molecule has 0 spiro atoms. The molecular formula is C26H22N4O2. The van der Waals surface area contributed by atoms with E-state index in [0.717, 1.165) is 41.7 Å². The van der Waals surface area contributed by atoms with E-state index in [2.05, 4.69) is 16.1 Å². The van der Waals surface area contributed by atoms with E-state index in [9.17, 15) is 4.79 Å². The second-order valence-corrected chi connectivity index (χ2v) is 7.90. The number of carbonyl (C=O) groups is 1. The minimum Gasteiger partial charge on any atom is -0.370 e. The van der Waals surface area contributed by atoms with Crippen molar-refractivity contribution < 1.29 is 9.32 Å². The molecule has 4 aromatic rings. The third kappa shape index (κ3) is 3.81. The Bertz CT molecular complexity index is 1290. The number of fused-ring (bicyclic) bond motifs is 1. The summed E-state index contributed by atoms with van der Waals surface area (Å²) in [4.78, 5) is 17.5. The molecule has 158 valence electrons. The van der Waals surface area contributed by atoms with Crippen LogP contribution >= 0.6 is 0 Å². The molecule has 2 heterocycles. The fourth-order valence-electron chi connectivity index (χ4n) is 4.18. The van der Waals surface area contributed by atoms with Crippen LogP contribution in [0.5, 0.6) is 0 Å². The van der Waals surface area contributed by atoms with Gasteiger partial charge in [-0.05, 0) is 48.9 Å². The molecule has 6 heteroatoms. The minimum absolute atomic E-state index is 0.0220. The summed E-state index contributed by atoms with van der Waals surface area (Å²) in [5, 5.41) is 14.0. The number of nitriles is 1. The van der Waals surface area contributed by atoms with Gasteiger partial charge in [0.15, 0.2) is 5.76 Å². The topological polar surface area (TPSA) is 73.4 Å². The number of nitrogens with zero attached hydrogens (tertiary/aromatic N) is 4. The molecule has 0 N–H and O–H groups in total. The lowest BCUT2D eigenvalue weighted by atomic mass is 10.1. The maximum absolute atomic E-state index is 13.3. The predicted octanol–water partition coefficient (Wildman–Crippen LogP) is 4.72. The zero-order chi connectivity index (χ0) is 21.9. The van der Waals surface area contributed by atoms with Gasteiger partial charge in [-0.2, -0.15) is 5.26 Å². The van der Waals surface area contributed by atoms with Crippen molar-refractivity contribution in [2.45, 2.75) is 6.42 Å². The SMILES string of the molecule is N#Cc1ccc(N2CCCN(C(=O)c3ccc4noc(-c5ccccc5)c4c3)CC2)cc1. The Kier molecular flexibility index (Phi) is 5.30. The van der Waals surface area contributed by atoms with E-state index in [1.165, 1.54) is 0 Å². The van der Waals surface area contributed by atoms with Crippen LogP contribution in [-0.2, 0) is 0 Å². The van der Waals surface area contributed by atoms with Gasteiger partial charge >= 0.3 is 0 Å². The summed E-state index contributed by atoms with van der Waals surface area (Å²) in [6.45, 7) is 2.98. The number of rotatable bonds is 3. The third-order valence-corrected chi connectivity index (χ3v) is 5.90. The second-order valence-electron chi connectivity index (χ2n) is 7.90. The Morgan fingerprint density at radius 1 is 0.938 bits per heavy atom. The molecule has 1 saturated heterocycles. The van der Waals surface area contributed by atoms with E-state index in [1.807, 2.05) is 77.7 Å². The van der Waals surface area contributed by atoms with Gasteiger partial charge in [0.1, 0.15) is 5.52 Å². The molecular weight excluding hydrogens is 400 g/mol. The monoisotopic (exact) mass is 422 g/mol. The van der Waals surface area contributed by atoms with Gasteiger partial charge in [-0.1, -0.05) is 35.5 Å². The molecule has 1 aromatic heterocycles. The molecule has 0 radical (unpaired) electrons. The molecule has 1 aliphatic rings. The molecule has 0 unspecified atom stereocenters. The van der Waals surface area contributed by atoms with Crippen LogP contribution in [0.3, 0.4) is 0 Å². The summed E-state index contributed by atoms with van der Waals surface area (Å²) in [6, 6.07) is 25.1. The standard InChI is InChI=1S/C26H22N4O2/c27-18-19-7-10-22(11-8-19)29-13-4-14-30(16-15-29)26(31)21-9-12-24-23(17-21)25(32-28-24)20-5-2-1-3-6-20/h1-3,5-12,17H,4,13-16H2. The van der Waals surface area contributed by atoms with Crippen molar-refractivity contribution in [2.75, 3.05) is 31.1 Å². The summed E-state index contributed by atoms with van der Waals surface area (Å²) in [5.74, 6) is 0.701. The van der Waals surface area contributed by atoms with Gasteiger partial charge in [0.05, 0.1) is 17.0 Å². The van der Waals surface area contributed by atoms with Crippen LogP contribution in [0.4, 0.5) is 5.69 Å². The van der Waals surface area contributed by atoms with E-state index in [1.54, 1.807) is 0 Å². The number of benzene rings is 3. The van der Waals surface area contributed by atoms with E-state index in [-0.39, 0.29) is 5.91 Å². The number of aromatic nitrogens is 1. The fourth-order valence-corrected chi connectivity index (χ4v) is 4.18. The smallest absolute Gasteiger partial charge is 0.253 e. The van der Waals surface area contributed by atoms with Gasteiger partial charge in [0.25, 0.3) is 5.91 Å². The molecule has 1 aliphatic heterocycles. The van der Waals surface area contributed by atoms with Gasteiger partial charge in [-0.15, -0.1) is 0 Å².